The molecule has 3 heteroatoms. The molecule has 0 aliphatic heterocycles. The Balaban J connectivity index is 2.27. The fourth-order valence-electron chi connectivity index (χ4n) is 1.94. The van der Waals surface area contributed by atoms with Crippen molar-refractivity contribution >= 4 is 22.8 Å². The lowest BCUT2D eigenvalue weighted by Gasteiger charge is -2.20. The third-order valence-electron chi connectivity index (χ3n) is 3.18. The summed E-state index contributed by atoms with van der Waals surface area (Å²) in [7, 11) is 3.91. The van der Waals surface area contributed by atoms with Gasteiger partial charge in [-0.15, -0.1) is 0 Å². The number of anilines is 3. The zero-order valence-corrected chi connectivity index (χ0v) is 11.5. The number of hydrogen-bond donors (Lipinski definition) is 1. The fraction of sp³-hybridized carbons (Fsp3) is 0.188. The molecule has 0 aliphatic carbocycles. The Morgan fingerprint density at radius 1 is 1.05 bits per heavy atom. The van der Waals surface area contributed by atoms with E-state index < -0.39 is 0 Å². The van der Waals surface area contributed by atoms with Crippen LogP contribution in [0.1, 0.15) is 17.3 Å². The van der Waals surface area contributed by atoms with Crippen LogP contribution < -0.4 is 10.2 Å². The summed E-state index contributed by atoms with van der Waals surface area (Å²) in [5.41, 5.74) is 3.96. The minimum atomic E-state index is 0.0892. The first-order valence-corrected chi connectivity index (χ1v) is 6.24. The second-order valence-electron chi connectivity index (χ2n) is 4.46. The van der Waals surface area contributed by atoms with Crippen LogP contribution in [0.3, 0.4) is 0 Å². The maximum absolute atomic E-state index is 11.3. The van der Waals surface area contributed by atoms with Gasteiger partial charge in [-0.3, -0.25) is 4.79 Å². The third kappa shape index (κ3) is 2.94. The van der Waals surface area contributed by atoms with E-state index in [0.29, 0.717) is 0 Å². The molecule has 0 spiro atoms. The van der Waals surface area contributed by atoms with Crippen LogP contribution in [0.15, 0.2) is 48.5 Å². The van der Waals surface area contributed by atoms with Crippen LogP contribution in [0, 0.1) is 0 Å². The maximum atomic E-state index is 11.3. The normalized spacial score (nSPS) is 10.1. The number of nitrogens with zero attached hydrogens (tertiary/aromatic N) is 1. The van der Waals surface area contributed by atoms with Gasteiger partial charge in [-0.05, 0) is 49.4 Å². The minimum absolute atomic E-state index is 0.0892. The third-order valence-corrected chi connectivity index (χ3v) is 3.18. The predicted octanol–water partition coefficient (Wildman–Crippen LogP) is 3.70. The molecule has 19 heavy (non-hydrogen) atoms. The summed E-state index contributed by atoms with van der Waals surface area (Å²) < 4.78 is 0. The number of nitrogens with one attached hydrogen (secondary N) is 1. The van der Waals surface area contributed by atoms with E-state index in [1.54, 1.807) is 6.92 Å². The fourth-order valence-corrected chi connectivity index (χ4v) is 1.94. The molecule has 0 unspecified atom stereocenters. The molecule has 2 aromatic carbocycles. The van der Waals surface area contributed by atoms with Crippen molar-refractivity contribution < 1.29 is 4.79 Å². The van der Waals surface area contributed by atoms with E-state index in [0.717, 1.165) is 22.6 Å². The first kappa shape index (κ1) is 13.1. The van der Waals surface area contributed by atoms with Gasteiger partial charge in [-0.25, -0.2) is 0 Å². The Bertz CT molecular complexity index is 576. The van der Waals surface area contributed by atoms with Crippen LogP contribution in [0.2, 0.25) is 0 Å². The molecule has 0 fully saturated rings. The highest BCUT2D eigenvalue weighted by atomic mass is 16.1. The lowest BCUT2D eigenvalue weighted by molar-refractivity contribution is 0.101. The van der Waals surface area contributed by atoms with Gasteiger partial charge in [0.1, 0.15) is 0 Å². The summed E-state index contributed by atoms with van der Waals surface area (Å²) in [6.07, 6.45) is 0. The van der Waals surface area contributed by atoms with Crippen molar-refractivity contribution in [1.82, 2.24) is 0 Å². The highest BCUT2D eigenvalue weighted by Gasteiger charge is 2.05. The van der Waals surface area contributed by atoms with E-state index >= 15 is 0 Å². The van der Waals surface area contributed by atoms with Gasteiger partial charge >= 0.3 is 0 Å². The van der Waals surface area contributed by atoms with E-state index in [1.165, 1.54) is 0 Å². The summed E-state index contributed by atoms with van der Waals surface area (Å²) in [5.74, 6) is 0.0892. The minimum Gasteiger partial charge on any atom is -0.388 e. The Hall–Kier alpha value is -2.29. The van der Waals surface area contributed by atoms with Crippen LogP contribution in [0.25, 0.3) is 0 Å². The molecule has 0 amide bonds. The van der Waals surface area contributed by atoms with E-state index in [2.05, 4.69) is 22.3 Å². The topological polar surface area (TPSA) is 32.3 Å². The van der Waals surface area contributed by atoms with Crippen molar-refractivity contribution in [3.63, 3.8) is 0 Å². The highest BCUT2D eigenvalue weighted by molar-refractivity contribution is 5.94. The summed E-state index contributed by atoms with van der Waals surface area (Å²) >= 11 is 0. The number of benzene rings is 2. The van der Waals surface area contributed by atoms with Crippen molar-refractivity contribution in [1.29, 1.82) is 0 Å². The lowest BCUT2D eigenvalue weighted by Crippen LogP contribution is -2.09. The zero-order valence-electron chi connectivity index (χ0n) is 11.5. The molecule has 2 aromatic rings. The first-order valence-electron chi connectivity index (χ1n) is 6.24. The second kappa shape index (κ2) is 5.57. The monoisotopic (exact) mass is 254 g/mol. The molecule has 2 rings (SSSR count). The Labute approximate surface area is 113 Å². The highest BCUT2D eigenvalue weighted by Crippen LogP contribution is 2.26. The van der Waals surface area contributed by atoms with E-state index in [9.17, 15) is 4.79 Å². The summed E-state index contributed by atoms with van der Waals surface area (Å²) in [6, 6.07) is 15.8. The molecule has 0 saturated heterocycles. The van der Waals surface area contributed by atoms with Crippen molar-refractivity contribution in [2.45, 2.75) is 6.92 Å². The average Bonchev–Trinajstić information content (AvgIpc) is 2.46. The van der Waals surface area contributed by atoms with E-state index in [-0.39, 0.29) is 5.78 Å². The Morgan fingerprint density at radius 3 is 2.32 bits per heavy atom. The van der Waals surface area contributed by atoms with Crippen molar-refractivity contribution in [3.05, 3.63) is 54.1 Å². The Morgan fingerprint density at radius 2 is 1.74 bits per heavy atom. The maximum Gasteiger partial charge on any atom is 0.159 e. The smallest absolute Gasteiger partial charge is 0.159 e. The largest absolute Gasteiger partial charge is 0.388 e. The molecule has 0 aromatic heterocycles. The number of hydrogen-bond acceptors (Lipinski definition) is 3. The van der Waals surface area contributed by atoms with Crippen LogP contribution >= 0.6 is 0 Å². The zero-order chi connectivity index (χ0) is 13.8. The van der Waals surface area contributed by atoms with E-state index in [4.69, 9.17) is 0 Å². The van der Waals surface area contributed by atoms with Crippen molar-refractivity contribution in [2.24, 2.45) is 0 Å². The van der Waals surface area contributed by atoms with E-state index in [1.807, 2.05) is 50.5 Å². The average molecular weight is 254 g/mol. The molecule has 0 heterocycles. The molecule has 0 atom stereocenters. The molecule has 0 bridgehead atoms. The number of ketones is 1. The molecule has 0 aliphatic rings. The van der Waals surface area contributed by atoms with Crippen LogP contribution in [-0.2, 0) is 0 Å². The number of rotatable bonds is 4. The molecule has 0 radical (unpaired) electrons. The van der Waals surface area contributed by atoms with Crippen LogP contribution in [0.5, 0.6) is 0 Å². The number of carbonyl (C=O) groups is 1. The molecule has 1 N–H and O–H groups in total. The second-order valence-corrected chi connectivity index (χ2v) is 4.46. The van der Waals surface area contributed by atoms with Gasteiger partial charge in [-0.2, -0.15) is 0 Å². The molecular weight excluding hydrogens is 236 g/mol. The number of Topliss-reactive ketones (excluding diaryl/α,β-unsaturated/α-hetero) is 1. The molecular formula is C16H18N2O. The Kier molecular flexibility index (Phi) is 3.85. The van der Waals surface area contributed by atoms with Gasteiger partial charge in [0.25, 0.3) is 0 Å². The van der Waals surface area contributed by atoms with Crippen LogP contribution in [-0.4, -0.2) is 19.9 Å². The van der Waals surface area contributed by atoms with Gasteiger partial charge in [-0.1, -0.05) is 6.07 Å². The summed E-state index contributed by atoms with van der Waals surface area (Å²) in [5, 5.41) is 3.13. The number of carbonyl (C=O) groups excluding carboxylic acids is 1. The molecule has 98 valence electrons. The molecule has 0 saturated carbocycles. The van der Waals surface area contributed by atoms with Crippen LogP contribution in [0.4, 0.5) is 17.1 Å². The van der Waals surface area contributed by atoms with Gasteiger partial charge in [0.15, 0.2) is 5.78 Å². The predicted molar refractivity (Wildman–Crippen MR) is 80.5 cm³/mol. The quantitative estimate of drug-likeness (QED) is 0.844. The van der Waals surface area contributed by atoms with Gasteiger partial charge in [0.2, 0.25) is 0 Å². The van der Waals surface area contributed by atoms with Gasteiger partial charge in [0, 0.05) is 36.7 Å². The van der Waals surface area contributed by atoms with Gasteiger partial charge in [0.05, 0.1) is 0 Å². The van der Waals surface area contributed by atoms with Crippen molar-refractivity contribution in [2.75, 3.05) is 24.3 Å². The standard InChI is InChI=1S/C16H18N2O/c1-12(19)13-7-9-15(10-8-13)18(3)16-6-4-5-14(11-16)17-2/h4-11,17H,1-3H3. The lowest BCUT2D eigenvalue weighted by atomic mass is 10.1. The van der Waals surface area contributed by atoms with Crippen molar-refractivity contribution in [3.8, 4) is 0 Å². The molecule has 3 nitrogen and oxygen atoms in total. The summed E-state index contributed by atoms with van der Waals surface area (Å²) in [6.45, 7) is 1.58. The SMILES string of the molecule is CNc1cccc(N(C)c2ccc(C(C)=O)cc2)c1. The first-order chi connectivity index (χ1) is 9.11. The summed E-state index contributed by atoms with van der Waals surface area (Å²) in [4.78, 5) is 13.3. The van der Waals surface area contributed by atoms with Gasteiger partial charge < -0.3 is 10.2 Å².